The number of anilines is 2. The molecular formula is C21H28N2O4S. The molecule has 0 heterocycles. The van der Waals surface area contributed by atoms with Crippen LogP contribution in [0.25, 0.3) is 0 Å². The number of nitrogens with zero attached hydrogens (tertiary/aromatic N) is 1. The van der Waals surface area contributed by atoms with Crippen molar-refractivity contribution in [1.29, 1.82) is 0 Å². The van der Waals surface area contributed by atoms with Crippen molar-refractivity contribution in [3.63, 3.8) is 0 Å². The molecule has 1 amide bonds. The summed E-state index contributed by atoms with van der Waals surface area (Å²) in [6.07, 6.45) is 1.84. The molecule has 0 saturated heterocycles. The van der Waals surface area contributed by atoms with Crippen molar-refractivity contribution >= 4 is 27.3 Å². The van der Waals surface area contributed by atoms with Gasteiger partial charge in [-0.05, 0) is 56.0 Å². The van der Waals surface area contributed by atoms with Gasteiger partial charge in [-0.1, -0.05) is 31.2 Å². The lowest BCUT2D eigenvalue weighted by atomic mass is 10.1. The fraction of sp³-hybridized carbons (Fsp3) is 0.381. The van der Waals surface area contributed by atoms with Gasteiger partial charge in [0.05, 0.1) is 19.1 Å². The van der Waals surface area contributed by atoms with Crippen molar-refractivity contribution in [1.82, 2.24) is 0 Å². The van der Waals surface area contributed by atoms with E-state index in [-0.39, 0.29) is 0 Å². The molecule has 1 N–H and O–H groups in total. The van der Waals surface area contributed by atoms with Crippen molar-refractivity contribution in [2.75, 3.05) is 23.0 Å². The Morgan fingerprint density at radius 3 is 2.46 bits per heavy atom. The molecular weight excluding hydrogens is 376 g/mol. The molecule has 0 unspecified atom stereocenters. The van der Waals surface area contributed by atoms with Gasteiger partial charge in [-0.2, -0.15) is 0 Å². The molecule has 6 nitrogen and oxygen atoms in total. The van der Waals surface area contributed by atoms with Gasteiger partial charge in [0.15, 0.2) is 0 Å². The Morgan fingerprint density at radius 2 is 1.89 bits per heavy atom. The monoisotopic (exact) mass is 404 g/mol. The van der Waals surface area contributed by atoms with E-state index in [1.807, 2.05) is 45.0 Å². The number of carbonyl (C=O) groups excluding carboxylic acids is 1. The molecule has 7 heteroatoms. The zero-order valence-corrected chi connectivity index (χ0v) is 18.1. The number of aryl methyl sites for hydroxylation is 3. The molecule has 152 valence electrons. The van der Waals surface area contributed by atoms with Gasteiger partial charge < -0.3 is 10.1 Å². The zero-order chi connectivity index (χ0) is 21.1. The first-order chi connectivity index (χ1) is 13.1. The summed E-state index contributed by atoms with van der Waals surface area (Å²) in [6.45, 7) is 7.35. The number of ether oxygens (including phenoxy) is 1. The summed E-state index contributed by atoms with van der Waals surface area (Å²) in [7, 11) is -2.26. The average Bonchev–Trinajstić information content (AvgIpc) is 2.62. The minimum atomic E-state index is -3.74. The van der Waals surface area contributed by atoms with Crippen LogP contribution in [0.1, 0.15) is 30.5 Å². The van der Waals surface area contributed by atoms with E-state index in [9.17, 15) is 13.2 Å². The summed E-state index contributed by atoms with van der Waals surface area (Å²) in [5, 5.41) is 2.92. The smallest absolute Gasteiger partial charge is 0.248 e. The van der Waals surface area contributed by atoms with Crippen LogP contribution >= 0.6 is 0 Å². The number of hydrogen-bond acceptors (Lipinski definition) is 4. The van der Waals surface area contributed by atoms with E-state index in [0.29, 0.717) is 11.4 Å². The van der Waals surface area contributed by atoms with Crippen molar-refractivity contribution in [3.8, 4) is 5.75 Å². The normalized spacial score (nSPS) is 12.4. The van der Waals surface area contributed by atoms with Crippen LogP contribution in [0.2, 0.25) is 0 Å². The molecule has 2 aromatic rings. The molecule has 0 spiro atoms. The number of amides is 1. The lowest BCUT2D eigenvalue weighted by Crippen LogP contribution is -2.45. The third-order valence-corrected chi connectivity index (χ3v) is 5.88. The quantitative estimate of drug-likeness (QED) is 0.764. The maximum absolute atomic E-state index is 13.0. The van der Waals surface area contributed by atoms with E-state index in [1.54, 1.807) is 19.1 Å². The average molecular weight is 405 g/mol. The van der Waals surface area contributed by atoms with E-state index >= 15 is 0 Å². The molecule has 0 aliphatic carbocycles. The van der Waals surface area contributed by atoms with Crippen LogP contribution in [-0.2, 0) is 21.2 Å². The summed E-state index contributed by atoms with van der Waals surface area (Å²) < 4.78 is 31.6. The van der Waals surface area contributed by atoms with E-state index in [0.717, 1.165) is 39.4 Å². The maximum Gasteiger partial charge on any atom is 0.248 e. The largest absolute Gasteiger partial charge is 0.495 e. The highest BCUT2D eigenvalue weighted by molar-refractivity contribution is 7.92. The van der Waals surface area contributed by atoms with Crippen LogP contribution in [0.3, 0.4) is 0 Å². The van der Waals surface area contributed by atoms with Crippen LogP contribution in [0, 0.1) is 13.8 Å². The molecule has 0 aliphatic heterocycles. The van der Waals surface area contributed by atoms with Gasteiger partial charge in [0.25, 0.3) is 0 Å². The minimum Gasteiger partial charge on any atom is -0.495 e. The lowest BCUT2D eigenvalue weighted by molar-refractivity contribution is -0.116. The number of para-hydroxylation sites is 1. The lowest BCUT2D eigenvalue weighted by Gasteiger charge is -2.30. The van der Waals surface area contributed by atoms with Crippen LogP contribution in [0.15, 0.2) is 36.4 Å². The van der Waals surface area contributed by atoms with E-state index in [1.165, 1.54) is 7.11 Å². The van der Waals surface area contributed by atoms with Crippen molar-refractivity contribution in [2.24, 2.45) is 0 Å². The van der Waals surface area contributed by atoms with Gasteiger partial charge >= 0.3 is 0 Å². The maximum atomic E-state index is 13.0. The van der Waals surface area contributed by atoms with Gasteiger partial charge in [0, 0.05) is 5.69 Å². The molecule has 0 bridgehead atoms. The Morgan fingerprint density at radius 1 is 1.21 bits per heavy atom. The number of rotatable bonds is 7. The Labute approximate surface area is 167 Å². The number of carbonyl (C=O) groups is 1. The Hall–Kier alpha value is -2.54. The summed E-state index contributed by atoms with van der Waals surface area (Å²) in [6, 6.07) is 10.1. The van der Waals surface area contributed by atoms with Crippen LogP contribution < -0.4 is 14.4 Å². The number of hydrogen-bond donors (Lipinski definition) is 1. The van der Waals surface area contributed by atoms with Gasteiger partial charge in [-0.15, -0.1) is 0 Å². The first-order valence-electron chi connectivity index (χ1n) is 9.13. The second kappa shape index (κ2) is 8.65. The molecule has 0 radical (unpaired) electrons. The molecule has 1 atom stereocenters. The highest BCUT2D eigenvalue weighted by Gasteiger charge is 2.31. The number of sulfonamides is 1. The summed E-state index contributed by atoms with van der Waals surface area (Å²) in [4.78, 5) is 13.0. The molecule has 0 fully saturated rings. The fourth-order valence-corrected chi connectivity index (χ4v) is 4.35. The second-order valence-corrected chi connectivity index (χ2v) is 8.72. The van der Waals surface area contributed by atoms with Gasteiger partial charge in [-0.25, -0.2) is 8.42 Å². The first kappa shape index (κ1) is 21.8. The Kier molecular flexibility index (Phi) is 6.72. The zero-order valence-electron chi connectivity index (χ0n) is 17.2. The molecule has 2 rings (SSSR count). The summed E-state index contributed by atoms with van der Waals surface area (Å²) in [5.74, 6) is -0.0150. The predicted molar refractivity (Wildman–Crippen MR) is 114 cm³/mol. The Bertz CT molecular complexity index is 970. The van der Waals surface area contributed by atoms with Gasteiger partial charge in [0.1, 0.15) is 11.8 Å². The van der Waals surface area contributed by atoms with Gasteiger partial charge in [0.2, 0.25) is 15.9 Å². The highest BCUT2D eigenvalue weighted by Crippen LogP contribution is 2.33. The number of benzene rings is 2. The Balaban J connectivity index is 2.47. The molecule has 0 aromatic heterocycles. The van der Waals surface area contributed by atoms with E-state index < -0.39 is 22.0 Å². The third kappa shape index (κ3) is 4.65. The SMILES string of the molecule is CCc1cccc(C)c1NC(=O)[C@H](C)N(c1cc(C)ccc1OC)S(C)(=O)=O. The van der Waals surface area contributed by atoms with Crippen molar-refractivity contribution in [3.05, 3.63) is 53.1 Å². The third-order valence-electron chi connectivity index (χ3n) is 4.65. The topological polar surface area (TPSA) is 75.7 Å². The first-order valence-corrected chi connectivity index (χ1v) is 11.0. The molecule has 28 heavy (non-hydrogen) atoms. The van der Waals surface area contributed by atoms with Crippen molar-refractivity contribution < 1.29 is 17.9 Å². The highest BCUT2D eigenvalue weighted by atomic mass is 32.2. The van der Waals surface area contributed by atoms with Crippen LogP contribution in [0.4, 0.5) is 11.4 Å². The predicted octanol–water partition coefficient (Wildman–Crippen LogP) is 3.67. The van der Waals surface area contributed by atoms with Gasteiger partial charge in [-0.3, -0.25) is 9.10 Å². The fourth-order valence-electron chi connectivity index (χ4n) is 3.18. The summed E-state index contributed by atoms with van der Waals surface area (Å²) >= 11 is 0. The standard InChI is InChI=1S/C21H28N2O4S/c1-7-17-10-8-9-15(3)20(17)22-21(24)16(4)23(28(6,25)26)18-13-14(2)11-12-19(18)27-5/h8-13,16H,7H2,1-6H3,(H,22,24)/t16-/m0/s1. The summed E-state index contributed by atoms with van der Waals surface area (Å²) in [5.41, 5.74) is 3.86. The van der Waals surface area contributed by atoms with Crippen LogP contribution in [-0.4, -0.2) is 33.7 Å². The van der Waals surface area contributed by atoms with E-state index in [4.69, 9.17) is 4.74 Å². The molecule has 0 aliphatic rings. The van der Waals surface area contributed by atoms with Crippen molar-refractivity contribution in [2.45, 2.75) is 40.2 Å². The second-order valence-electron chi connectivity index (χ2n) is 6.86. The number of nitrogens with one attached hydrogen (secondary N) is 1. The molecule has 2 aromatic carbocycles. The van der Waals surface area contributed by atoms with E-state index in [2.05, 4.69) is 5.32 Å². The van der Waals surface area contributed by atoms with Crippen LogP contribution in [0.5, 0.6) is 5.75 Å². The number of methoxy groups -OCH3 is 1. The molecule has 0 saturated carbocycles. The minimum absolute atomic E-state index is 0.341.